The van der Waals surface area contributed by atoms with E-state index in [1.165, 1.54) is 10.5 Å². The average molecular weight is 544 g/mol. The van der Waals surface area contributed by atoms with Gasteiger partial charge in [-0.3, -0.25) is 4.90 Å². The van der Waals surface area contributed by atoms with Gasteiger partial charge in [0.2, 0.25) is 0 Å². The van der Waals surface area contributed by atoms with Crippen molar-refractivity contribution >= 4 is 40.6 Å². The van der Waals surface area contributed by atoms with Gasteiger partial charge in [-0.1, -0.05) is 121 Å². The third-order valence-electron chi connectivity index (χ3n) is 7.49. The number of hydrogen-bond acceptors (Lipinski definition) is 4. The van der Waals surface area contributed by atoms with E-state index in [4.69, 9.17) is 16.7 Å². The fourth-order valence-corrected chi connectivity index (χ4v) is 7.50. The van der Waals surface area contributed by atoms with E-state index in [1.807, 2.05) is 23.9 Å². The summed E-state index contributed by atoms with van der Waals surface area (Å²) >= 11 is 8.76. The summed E-state index contributed by atoms with van der Waals surface area (Å²) < 4.78 is 0. The molecule has 2 heterocycles. The molecular weight excluding hydrogens is 518 g/mol. The highest BCUT2D eigenvalue weighted by Gasteiger charge is 2.55. The van der Waals surface area contributed by atoms with Gasteiger partial charge >= 0.3 is 0 Å². The fourth-order valence-electron chi connectivity index (χ4n) is 5.78. The van der Waals surface area contributed by atoms with Crippen LogP contribution in [0.2, 0.25) is 5.02 Å². The number of fused-ring (bicyclic) bond motifs is 3. The molecule has 2 aliphatic rings. The SMILES string of the molecule is Clc1ccccc1[C@@H]1C[C@@]2(c3ccccc3)N(c3ccccc3)N=C(c3ccccc3)N2c2ccccc2S1. The molecule has 5 heteroatoms. The highest BCUT2D eigenvalue weighted by atomic mass is 35.5. The number of benzene rings is 5. The van der Waals surface area contributed by atoms with Crippen LogP contribution in [0.5, 0.6) is 0 Å². The first-order valence-electron chi connectivity index (χ1n) is 13.1. The largest absolute Gasteiger partial charge is 0.294 e. The van der Waals surface area contributed by atoms with Crippen molar-refractivity contribution in [2.75, 3.05) is 9.91 Å². The molecular formula is C34H26ClN3S. The minimum absolute atomic E-state index is 0.0848. The molecule has 5 aromatic carbocycles. The third-order valence-corrected chi connectivity index (χ3v) is 9.14. The van der Waals surface area contributed by atoms with Crippen LogP contribution in [0.25, 0.3) is 0 Å². The number of rotatable bonds is 4. The molecule has 190 valence electrons. The molecule has 2 aliphatic heterocycles. The minimum atomic E-state index is -0.642. The topological polar surface area (TPSA) is 18.8 Å². The lowest BCUT2D eigenvalue weighted by Gasteiger charge is -2.45. The lowest BCUT2D eigenvalue weighted by Crippen LogP contribution is -2.54. The molecule has 0 spiro atoms. The Morgan fingerprint density at radius 2 is 1.31 bits per heavy atom. The van der Waals surface area contributed by atoms with E-state index in [0.717, 1.165) is 39.8 Å². The zero-order valence-corrected chi connectivity index (χ0v) is 22.8. The van der Waals surface area contributed by atoms with Crippen LogP contribution in [0, 0.1) is 0 Å². The predicted molar refractivity (Wildman–Crippen MR) is 164 cm³/mol. The summed E-state index contributed by atoms with van der Waals surface area (Å²) in [7, 11) is 0. The maximum Gasteiger partial charge on any atom is 0.167 e. The van der Waals surface area contributed by atoms with Gasteiger partial charge in [0.25, 0.3) is 0 Å². The number of thioether (sulfide) groups is 1. The summed E-state index contributed by atoms with van der Waals surface area (Å²) in [5.41, 5.74) is 4.93. The smallest absolute Gasteiger partial charge is 0.167 e. The Morgan fingerprint density at radius 3 is 2.05 bits per heavy atom. The van der Waals surface area contributed by atoms with Crippen LogP contribution < -0.4 is 9.91 Å². The molecule has 0 saturated carbocycles. The molecule has 0 amide bonds. The Balaban J connectivity index is 1.56. The number of anilines is 2. The summed E-state index contributed by atoms with van der Waals surface area (Å²) in [6.45, 7) is 0. The van der Waals surface area contributed by atoms with E-state index in [2.05, 4.69) is 137 Å². The van der Waals surface area contributed by atoms with Crippen LogP contribution in [-0.4, -0.2) is 5.84 Å². The Labute approximate surface area is 238 Å². The second-order valence-corrected chi connectivity index (χ2v) is 11.4. The standard InChI is InChI=1S/C34H26ClN3S/c35-29-21-11-10-20-28(29)32-24-34(26-16-6-2-7-17-26)37(30-22-12-13-23-31(30)39-32)33(25-14-4-1-5-15-25)36-38(34)27-18-8-3-9-19-27/h1-23,32H,24H2/t32-,34-/m0/s1. The van der Waals surface area contributed by atoms with Crippen LogP contribution in [-0.2, 0) is 5.66 Å². The first-order valence-corrected chi connectivity index (χ1v) is 14.4. The van der Waals surface area contributed by atoms with Crippen molar-refractivity contribution in [1.82, 2.24) is 0 Å². The van der Waals surface area contributed by atoms with Crippen molar-refractivity contribution in [3.8, 4) is 0 Å². The molecule has 0 bridgehead atoms. The van der Waals surface area contributed by atoms with Crippen molar-refractivity contribution in [2.24, 2.45) is 5.10 Å². The predicted octanol–water partition coefficient (Wildman–Crippen LogP) is 9.12. The second kappa shape index (κ2) is 9.96. The summed E-state index contributed by atoms with van der Waals surface area (Å²) in [6.07, 6.45) is 0.759. The zero-order valence-electron chi connectivity index (χ0n) is 21.2. The number of hydrazone groups is 1. The van der Waals surface area contributed by atoms with Gasteiger partial charge in [-0.05, 0) is 35.9 Å². The van der Waals surface area contributed by atoms with E-state index in [-0.39, 0.29) is 5.25 Å². The molecule has 7 rings (SSSR count). The monoisotopic (exact) mass is 543 g/mol. The van der Waals surface area contributed by atoms with Gasteiger partial charge in [-0.25, -0.2) is 5.01 Å². The molecule has 0 saturated heterocycles. The second-order valence-electron chi connectivity index (χ2n) is 9.75. The third kappa shape index (κ3) is 4.03. The minimum Gasteiger partial charge on any atom is -0.294 e. The summed E-state index contributed by atoms with van der Waals surface area (Å²) in [5.74, 6) is 0.927. The van der Waals surface area contributed by atoms with Gasteiger partial charge in [0.15, 0.2) is 11.5 Å². The molecule has 39 heavy (non-hydrogen) atoms. The highest BCUT2D eigenvalue weighted by Crippen LogP contribution is 2.58. The number of halogens is 1. The van der Waals surface area contributed by atoms with E-state index in [0.29, 0.717) is 0 Å². The average Bonchev–Trinajstić information content (AvgIpc) is 3.26. The van der Waals surface area contributed by atoms with Gasteiger partial charge in [0.05, 0.1) is 11.4 Å². The maximum absolute atomic E-state index is 6.88. The Morgan fingerprint density at radius 1 is 0.692 bits per heavy atom. The molecule has 3 nitrogen and oxygen atoms in total. The first-order chi connectivity index (χ1) is 19.3. The summed E-state index contributed by atoms with van der Waals surface area (Å²) in [6, 6.07) is 48.8. The molecule has 0 unspecified atom stereocenters. The highest BCUT2D eigenvalue weighted by molar-refractivity contribution is 7.99. The van der Waals surface area contributed by atoms with E-state index >= 15 is 0 Å². The zero-order chi connectivity index (χ0) is 26.2. The lowest BCUT2D eigenvalue weighted by molar-refractivity contribution is 0.407. The lowest BCUT2D eigenvalue weighted by atomic mass is 9.88. The van der Waals surface area contributed by atoms with Crippen molar-refractivity contribution in [2.45, 2.75) is 22.2 Å². The molecule has 0 fully saturated rings. The Bertz CT molecular complexity index is 1640. The Kier molecular flexibility index (Phi) is 6.15. The number of amidine groups is 1. The maximum atomic E-state index is 6.88. The number of para-hydroxylation sites is 2. The van der Waals surface area contributed by atoms with E-state index in [1.54, 1.807) is 0 Å². The first kappa shape index (κ1) is 24.1. The number of hydrogen-bond donors (Lipinski definition) is 0. The molecule has 5 aromatic rings. The molecule has 0 N–H and O–H groups in total. The molecule has 0 aromatic heterocycles. The summed E-state index contributed by atoms with van der Waals surface area (Å²) in [4.78, 5) is 3.67. The summed E-state index contributed by atoms with van der Waals surface area (Å²) in [5, 5.41) is 8.55. The van der Waals surface area contributed by atoms with Crippen LogP contribution >= 0.6 is 23.4 Å². The van der Waals surface area contributed by atoms with Crippen LogP contribution in [0.3, 0.4) is 0 Å². The van der Waals surface area contributed by atoms with Gasteiger partial charge < -0.3 is 0 Å². The molecule has 2 atom stereocenters. The molecule has 0 aliphatic carbocycles. The quantitative estimate of drug-likeness (QED) is 0.225. The van der Waals surface area contributed by atoms with Gasteiger partial charge in [-0.15, -0.1) is 11.8 Å². The van der Waals surface area contributed by atoms with E-state index < -0.39 is 5.66 Å². The van der Waals surface area contributed by atoms with Gasteiger partial charge in [-0.2, -0.15) is 5.10 Å². The molecule has 0 radical (unpaired) electrons. The van der Waals surface area contributed by atoms with Crippen LogP contribution in [0.4, 0.5) is 11.4 Å². The normalized spacial score (nSPS) is 20.1. The van der Waals surface area contributed by atoms with Gasteiger partial charge in [0, 0.05) is 32.7 Å². The van der Waals surface area contributed by atoms with Gasteiger partial charge in [0.1, 0.15) is 0 Å². The Hall–Kier alpha value is -3.99. The van der Waals surface area contributed by atoms with Crippen LogP contribution in [0.15, 0.2) is 150 Å². The van der Waals surface area contributed by atoms with E-state index in [9.17, 15) is 0 Å². The number of nitrogens with zero attached hydrogens (tertiary/aromatic N) is 3. The van der Waals surface area contributed by atoms with Crippen LogP contribution in [0.1, 0.15) is 28.4 Å². The van der Waals surface area contributed by atoms with Crippen molar-refractivity contribution in [3.05, 3.63) is 161 Å². The van der Waals surface area contributed by atoms with Crippen molar-refractivity contribution in [3.63, 3.8) is 0 Å². The van der Waals surface area contributed by atoms with Crippen molar-refractivity contribution in [1.29, 1.82) is 0 Å². The fraction of sp³-hybridized carbons (Fsp3) is 0.0882. The van der Waals surface area contributed by atoms with Crippen molar-refractivity contribution < 1.29 is 0 Å².